The lowest BCUT2D eigenvalue weighted by atomic mass is 10.1. The van der Waals surface area contributed by atoms with Crippen LogP contribution in [0.4, 0.5) is 5.69 Å². The van der Waals surface area contributed by atoms with E-state index in [0.29, 0.717) is 27.6 Å². The Morgan fingerprint density at radius 3 is 2.60 bits per heavy atom. The highest BCUT2D eigenvalue weighted by atomic mass is 35.5. The van der Waals surface area contributed by atoms with Crippen LogP contribution in [-0.2, 0) is 4.79 Å². The van der Waals surface area contributed by atoms with Crippen molar-refractivity contribution in [2.45, 2.75) is 6.92 Å². The third kappa shape index (κ3) is 3.21. The van der Waals surface area contributed by atoms with Crippen LogP contribution >= 0.6 is 23.2 Å². The monoisotopic (exact) mass is 376 g/mol. The molecular formula is C18H14Cl2N2O3. The van der Waals surface area contributed by atoms with Gasteiger partial charge in [0.15, 0.2) is 11.5 Å². The maximum atomic E-state index is 12.8. The molecule has 0 saturated heterocycles. The maximum Gasteiger partial charge on any atom is 0.280 e. The van der Waals surface area contributed by atoms with Crippen LogP contribution in [0.3, 0.4) is 0 Å². The zero-order valence-corrected chi connectivity index (χ0v) is 15.0. The Morgan fingerprint density at radius 1 is 1.20 bits per heavy atom. The number of rotatable bonds is 3. The summed E-state index contributed by atoms with van der Waals surface area (Å²) in [6, 6.07) is 10.1. The second-order valence-corrected chi connectivity index (χ2v) is 6.18. The Bertz CT molecular complexity index is 923. The predicted octanol–water partition coefficient (Wildman–Crippen LogP) is 4.51. The number of carbonyl (C=O) groups excluding carboxylic acids is 1. The summed E-state index contributed by atoms with van der Waals surface area (Å²) in [6.07, 6.45) is 1.64. The van der Waals surface area contributed by atoms with Gasteiger partial charge in [-0.15, -0.1) is 0 Å². The molecule has 1 aliphatic rings. The molecule has 1 aliphatic heterocycles. The summed E-state index contributed by atoms with van der Waals surface area (Å²) in [5.41, 5.74) is 2.08. The topological polar surface area (TPSA) is 62.1 Å². The van der Waals surface area contributed by atoms with Crippen molar-refractivity contribution in [2.24, 2.45) is 5.10 Å². The Labute approximate surface area is 154 Å². The summed E-state index contributed by atoms with van der Waals surface area (Å²) in [5, 5.41) is 15.9. The number of hydrogen-bond donors (Lipinski definition) is 1. The zero-order chi connectivity index (χ0) is 18.1. The first-order valence-corrected chi connectivity index (χ1v) is 8.10. The highest BCUT2D eigenvalue weighted by molar-refractivity contribution is 6.37. The van der Waals surface area contributed by atoms with Gasteiger partial charge < -0.3 is 9.84 Å². The van der Waals surface area contributed by atoms with Gasteiger partial charge in [-0.2, -0.15) is 10.1 Å². The molecule has 0 bridgehead atoms. The molecule has 0 atom stereocenters. The number of halogens is 2. The summed E-state index contributed by atoms with van der Waals surface area (Å²) < 4.78 is 5.08. The average molecular weight is 377 g/mol. The van der Waals surface area contributed by atoms with Gasteiger partial charge in [0.05, 0.1) is 34.1 Å². The van der Waals surface area contributed by atoms with Crippen LogP contribution in [0.15, 0.2) is 47.1 Å². The number of para-hydroxylation sites is 1. The van der Waals surface area contributed by atoms with Gasteiger partial charge in [0.25, 0.3) is 5.91 Å². The largest absolute Gasteiger partial charge is 0.503 e. The predicted molar refractivity (Wildman–Crippen MR) is 99.7 cm³/mol. The number of anilines is 1. The number of methoxy groups -OCH3 is 1. The minimum absolute atomic E-state index is 0.134. The van der Waals surface area contributed by atoms with Crippen LogP contribution in [0.2, 0.25) is 10.0 Å². The van der Waals surface area contributed by atoms with Gasteiger partial charge in [0, 0.05) is 0 Å². The van der Waals surface area contributed by atoms with Crippen molar-refractivity contribution < 1.29 is 14.6 Å². The first-order valence-electron chi connectivity index (χ1n) is 7.35. The minimum Gasteiger partial charge on any atom is -0.503 e. The lowest BCUT2D eigenvalue weighted by Gasteiger charge is -2.13. The Balaban J connectivity index is 2.01. The van der Waals surface area contributed by atoms with Crippen LogP contribution in [0, 0.1) is 0 Å². The number of phenolic OH excluding ortho intramolecular Hbond substituents is 1. The van der Waals surface area contributed by atoms with Gasteiger partial charge in [0.1, 0.15) is 0 Å². The number of phenols is 1. The zero-order valence-electron chi connectivity index (χ0n) is 13.5. The second-order valence-electron chi connectivity index (χ2n) is 5.37. The lowest BCUT2D eigenvalue weighted by molar-refractivity contribution is -0.114. The smallest absolute Gasteiger partial charge is 0.280 e. The van der Waals surface area contributed by atoms with Crippen LogP contribution < -0.4 is 9.75 Å². The second kappa shape index (κ2) is 6.78. The molecular weight excluding hydrogens is 363 g/mol. The summed E-state index contributed by atoms with van der Waals surface area (Å²) >= 11 is 12.2. The van der Waals surface area contributed by atoms with E-state index in [1.54, 1.807) is 49.4 Å². The van der Waals surface area contributed by atoms with Crippen molar-refractivity contribution >= 4 is 46.6 Å². The molecule has 7 heteroatoms. The average Bonchev–Trinajstić information content (AvgIpc) is 2.86. The number of amides is 1. The Hall–Kier alpha value is -2.50. The SMILES string of the molecule is COc1cc(/C=C2/C(=O)N(c3ccccc3Cl)N=C2C)cc(Cl)c1O. The number of ether oxygens (including phenoxy) is 1. The van der Waals surface area contributed by atoms with Crippen molar-refractivity contribution in [1.82, 2.24) is 0 Å². The Kier molecular flexibility index (Phi) is 4.70. The summed E-state index contributed by atoms with van der Waals surface area (Å²) in [5.74, 6) is -0.219. The molecule has 0 radical (unpaired) electrons. The first-order chi connectivity index (χ1) is 11.9. The third-order valence-electron chi connectivity index (χ3n) is 3.72. The van der Waals surface area contributed by atoms with Crippen LogP contribution in [-0.4, -0.2) is 23.8 Å². The molecule has 1 N–H and O–H groups in total. The van der Waals surface area contributed by atoms with Crippen LogP contribution in [0.1, 0.15) is 12.5 Å². The molecule has 1 amide bonds. The molecule has 128 valence electrons. The molecule has 3 rings (SSSR count). The first kappa shape index (κ1) is 17.3. The lowest BCUT2D eigenvalue weighted by Crippen LogP contribution is -2.21. The van der Waals surface area contributed by atoms with Gasteiger partial charge in [-0.1, -0.05) is 35.3 Å². The van der Waals surface area contributed by atoms with E-state index in [-0.39, 0.29) is 22.4 Å². The quantitative estimate of drug-likeness (QED) is 0.801. The van der Waals surface area contributed by atoms with Crippen molar-refractivity contribution in [3.8, 4) is 11.5 Å². The van der Waals surface area contributed by atoms with Gasteiger partial charge in [-0.25, -0.2) is 0 Å². The van der Waals surface area contributed by atoms with Gasteiger partial charge in [-0.05, 0) is 42.8 Å². The molecule has 5 nitrogen and oxygen atoms in total. The van der Waals surface area contributed by atoms with E-state index in [2.05, 4.69) is 5.10 Å². The van der Waals surface area contributed by atoms with E-state index < -0.39 is 0 Å². The molecule has 1 heterocycles. The summed E-state index contributed by atoms with van der Waals surface area (Å²) in [7, 11) is 1.43. The van der Waals surface area contributed by atoms with Crippen molar-refractivity contribution in [1.29, 1.82) is 0 Å². The molecule has 0 aromatic heterocycles. The molecule has 0 saturated carbocycles. The summed E-state index contributed by atoms with van der Waals surface area (Å²) in [4.78, 5) is 12.8. The van der Waals surface area contributed by atoms with Crippen molar-refractivity contribution in [3.05, 3.63) is 57.6 Å². The van der Waals surface area contributed by atoms with Crippen LogP contribution in [0.5, 0.6) is 11.5 Å². The standard InChI is InChI=1S/C18H14Cl2N2O3/c1-10-12(7-11-8-14(20)17(23)16(9-11)25-2)18(24)22(21-10)15-6-4-3-5-13(15)19/h3-9,23H,1-2H3/b12-7+. The van der Waals surface area contributed by atoms with Crippen LogP contribution in [0.25, 0.3) is 6.08 Å². The fraction of sp³-hybridized carbons (Fsp3) is 0.111. The number of benzene rings is 2. The highest BCUT2D eigenvalue weighted by Crippen LogP contribution is 2.36. The number of hydrogen-bond acceptors (Lipinski definition) is 4. The van der Waals surface area contributed by atoms with E-state index in [1.807, 2.05) is 0 Å². The number of carbonyl (C=O) groups is 1. The molecule has 0 aliphatic carbocycles. The fourth-order valence-corrected chi connectivity index (χ4v) is 2.91. The molecule has 0 fully saturated rings. The molecule has 2 aromatic rings. The van der Waals surface area contributed by atoms with Gasteiger partial charge >= 0.3 is 0 Å². The van der Waals surface area contributed by atoms with E-state index in [4.69, 9.17) is 27.9 Å². The fourth-order valence-electron chi connectivity index (χ4n) is 2.47. The van der Waals surface area contributed by atoms with Gasteiger partial charge in [0.2, 0.25) is 0 Å². The van der Waals surface area contributed by atoms with Crippen molar-refractivity contribution in [2.75, 3.05) is 12.1 Å². The molecule has 0 unspecified atom stereocenters. The van der Waals surface area contributed by atoms with Gasteiger partial charge in [-0.3, -0.25) is 4.79 Å². The van der Waals surface area contributed by atoms with E-state index in [9.17, 15) is 9.90 Å². The minimum atomic E-state index is -0.297. The summed E-state index contributed by atoms with van der Waals surface area (Å²) in [6.45, 7) is 1.74. The van der Waals surface area contributed by atoms with E-state index in [1.165, 1.54) is 12.1 Å². The van der Waals surface area contributed by atoms with E-state index in [0.717, 1.165) is 0 Å². The maximum absolute atomic E-state index is 12.8. The molecule has 2 aromatic carbocycles. The third-order valence-corrected chi connectivity index (χ3v) is 4.33. The molecule has 0 spiro atoms. The Morgan fingerprint density at radius 2 is 1.92 bits per heavy atom. The number of hydrazone groups is 1. The van der Waals surface area contributed by atoms with E-state index >= 15 is 0 Å². The normalized spacial score (nSPS) is 15.7. The van der Waals surface area contributed by atoms with Crippen molar-refractivity contribution in [3.63, 3.8) is 0 Å². The highest BCUT2D eigenvalue weighted by Gasteiger charge is 2.29. The number of nitrogens with zero attached hydrogens (tertiary/aromatic N) is 2. The number of aromatic hydroxyl groups is 1. The molecule has 25 heavy (non-hydrogen) atoms.